The Bertz CT molecular complexity index is 1230. The normalized spacial score (nSPS) is 11.9. The van der Waals surface area contributed by atoms with Gasteiger partial charge in [0.05, 0.1) is 22.6 Å². The third-order valence-electron chi connectivity index (χ3n) is 4.56. The first kappa shape index (κ1) is 17.9. The lowest BCUT2D eigenvalue weighted by Gasteiger charge is -2.07. The maximum absolute atomic E-state index is 12.9. The second-order valence-corrected chi connectivity index (χ2v) is 6.22. The molecule has 0 unspecified atom stereocenters. The molecule has 9 heteroatoms. The van der Waals surface area contributed by atoms with Gasteiger partial charge in [-0.2, -0.15) is 13.2 Å². The van der Waals surface area contributed by atoms with Gasteiger partial charge in [0.1, 0.15) is 18.6 Å². The largest absolute Gasteiger partial charge is 0.433 e. The number of imidazole rings is 1. The number of carbonyl (C=O) groups excluding carboxylic acids is 1. The SMILES string of the molecule is CO[n+]1ccc2cc(-c3nc4cc(C(F)(F)F)ncc4n3C)c(C=O)cc2c1. The monoisotopic (exact) mass is 387 g/mol. The number of benzene rings is 1. The Morgan fingerprint density at radius 2 is 2.00 bits per heavy atom. The summed E-state index contributed by atoms with van der Waals surface area (Å²) in [6.45, 7) is 0. The smallest absolute Gasteiger partial charge is 0.326 e. The lowest BCUT2D eigenvalue weighted by molar-refractivity contribution is -0.884. The van der Waals surface area contributed by atoms with Gasteiger partial charge >= 0.3 is 6.18 Å². The molecule has 0 N–H and O–H groups in total. The number of halogens is 3. The van der Waals surface area contributed by atoms with Crippen LogP contribution in [0.2, 0.25) is 0 Å². The van der Waals surface area contributed by atoms with Crippen molar-refractivity contribution in [1.82, 2.24) is 14.5 Å². The van der Waals surface area contributed by atoms with Crippen LogP contribution in [-0.4, -0.2) is 27.9 Å². The van der Waals surface area contributed by atoms with E-state index >= 15 is 0 Å². The average molecular weight is 387 g/mol. The van der Waals surface area contributed by atoms with E-state index in [1.165, 1.54) is 11.8 Å². The molecule has 0 saturated carbocycles. The molecule has 4 aromatic rings. The lowest BCUT2D eigenvalue weighted by Crippen LogP contribution is -2.39. The lowest BCUT2D eigenvalue weighted by atomic mass is 10.0. The van der Waals surface area contributed by atoms with E-state index in [4.69, 9.17) is 4.84 Å². The first-order valence-electron chi connectivity index (χ1n) is 8.20. The maximum atomic E-state index is 12.9. The Labute approximate surface area is 156 Å². The Kier molecular flexibility index (Phi) is 4.02. The van der Waals surface area contributed by atoms with Crippen LogP contribution in [0.25, 0.3) is 33.2 Å². The molecule has 28 heavy (non-hydrogen) atoms. The summed E-state index contributed by atoms with van der Waals surface area (Å²) in [5.74, 6) is 0.378. The van der Waals surface area contributed by atoms with Gasteiger partial charge in [-0.05, 0) is 23.6 Å². The van der Waals surface area contributed by atoms with Crippen LogP contribution in [0.15, 0.2) is 42.9 Å². The van der Waals surface area contributed by atoms with Gasteiger partial charge in [-0.15, -0.1) is 0 Å². The molecule has 0 spiro atoms. The van der Waals surface area contributed by atoms with E-state index in [-0.39, 0.29) is 5.52 Å². The summed E-state index contributed by atoms with van der Waals surface area (Å²) in [6, 6.07) is 6.18. The molecule has 1 aromatic carbocycles. The summed E-state index contributed by atoms with van der Waals surface area (Å²) in [7, 11) is 3.19. The summed E-state index contributed by atoms with van der Waals surface area (Å²) < 4.78 is 42.0. The van der Waals surface area contributed by atoms with Crippen LogP contribution in [0.5, 0.6) is 0 Å². The molecule has 0 aliphatic rings. The summed E-state index contributed by atoms with van der Waals surface area (Å²) >= 11 is 0. The number of rotatable bonds is 3. The van der Waals surface area contributed by atoms with Crippen molar-refractivity contribution in [1.29, 1.82) is 0 Å². The van der Waals surface area contributed by atoms with E-state index in [0.717, 1.165) is 23.0 Å². The van der Waals surface area contributed by atoms with Crippen molar-refractivity contribution >= 4 is 28.1 Å². The van der Waals surface area contributed by atoms with Crippen LogP contribution in [0.1, 0.15) is 16.1 Å². The molecule has 0 fully saturated rings. The van der Waals surface area contributed by atoms with Crippen molar-refractivity contribution < 1.29 is 27.5 Å². The molecule has 6 nitrogen and oxygen atoms in total. The Morgan fingerprint density at radius 3 is 2.68 bits per heavy atom. The molecule has 0 aliphatic carbocycles. The molecule has 142 valence electrons. The molecule has 0 bridgehead atoms. The number of fused-ring (bicyclic) bond motifs is 2. The fourth-order valence-electron chi connectivity index (χ4n) is 3.13. The number of aryl methyl sites for hydroxylation is 1. The summed E-state index contributed by atoms with van der Waals surface area (Å²) in [5, 5.41) is 1.60. The molecular formula is C19H14F3N4O2+. The third-order valence-corrected chi connectivity index (χ3v) is 4.56. The number of nitrogens with zero attached hydrogens (tertiary/aromatic N) is 4. The number of pyridine rings is 2. The highest BCUT2D eigenvalue weighted by Gasteiger charge is 2.33. The topological polar surface area (TPSA) is 60.9 Å². The van der Waals surface area contributed by atoms with E-state index in [1.54, 1.807) is 36.1 Å². The van der Waals surface area contributed by atoms with Crippen LogP contribution in [0, 0.1) is 0 Å². The predicted octanol–water partition coefficient (Wildman–Crippen LogP) is 2.97. The zero-order chi connectivity index (χ0) is 20.1. The summed E-state index contributed by atoms with van der Waals surface area (Å²) in [4.78, 5) is 24.6. The maximum Gasteiger partial charge on any atom is 0.433 e. The quantitative estimate of drug-likeness (QED) is 0.401. The molecule has 0 atom stereocenters. The average Bonchev–Trinajstić information content (AvgIpc) is 3.01. The van der Waals surface area contributed by atoms with E-state index in [9.17, 15) is 18.0 Å². The molecule has 0 amide bonds. The predicted molar refractivity (Wildman–Crippen MR) is 94.5 cm³/mol. The zero-order valence-corrected chi connectivity index (χ0v) is 14.9. The van der Waals surface area contributed by atoms with E-state index in [2.05, 4.69) is 9.97 Å². The molecule has 0 saturated heterocycles. The molecule has 3 heterocycles. The number of aromatic nitrogens is 4. The Hall–Kier alpha value is -3.49. The summed E-state index contributed by atoms with van der Waals surface area (Å²) in [6.07, 6.45) is 0.705. The highest BCUT2D eigenvalue weighted by Crippen LogP contribution is 2.32. The van der Waals surface area contributed by atoms with Gasteiger partial charge in [-0.1, -0.05) is 0 Å². The number of aldehydes is 1. The number of alkyl halides is 3. The minimum Gasteiger partial charge on any atom is -0.326 e. The van der Waals surface area contributed by atoms with Crippen molar-refractivity contribution in [3.8, 4) is 11.4 Å². The minimum atomic E-state index is -4.56. The highest BCUT2D eigenvalue weighted by molar-refractivity contribution is 5.97. The van der Waals surface area contributed by atoms with E-state index < -0.39 is 11.9 Å². The first-order valence-corrected chi connectivity index (χ1v) is 8.20. The van der Waals surface area contributed by atoms with Crippen LogP contribution in [0.3, 0.4) is 0 Å². The molecule has 4 rings (SSSR count). The van der Waals surface area contributed by atoms with Gasteiger partial charge in [0.15, 0.2) is 6.29 Å². The second kappa shape index (κ2) is 6.29. The van der Waals surface area contributed by atoms with Gasteiger partial charge in [0.25, 0.3) is 0 Å². The van der Waals surface area contributed by atoms with Crippen molar-refractivity contribution in [2.24, 2.45) is 7.05 Å². The van der Waals surface area contributed by atoms with Crippen molar-refractivity contribution in [2.45, 2.75) is 6.18 Å². The second-order valence-electron chi connectivity index (χ2n) is 6.22. The standard InChI is InChI=1S/C19H14F3N4O2/c1-25-16-8-23-17(19(20,21)22)7-15(16)24-18(25)14-6-11-3-4-26(28-2)9-12(11)5-13(14)10-27/h3-10H,1-2H3/q+1. The molecule has 3 aromatic heterocycles. The van der Waals surface area contributed by atoms with Gasteiger partial charge < -0.3 is 4.57 Å². The minimum absolute atomic E-state index is 0.155. The van der Waals surface area contributed by atoms with Gasteiger partial charge in [0.2, 0.25) is 12.4 Å². The number of carbonyl (C=O) groups is 1. The molecular weight excluding hydrogens is 373 g/mol. The van der Waals surface area contributed by atoms with Crippen molar-refractivity contribution in [3.63, 3.8) is 0 Å². The van der Waals surface area contributed by atoms with Crippen molar-refractivity contribution in [2.75, 3.05) is 7.11 Å². The van der Waals surface area contributed by atoms with Gasteiger partial charge in [-0.3, -0.25) is 9.63 Å². The number of hydrogen-bond donors (Lipinski definition) is 0. The zero-order valence-electron chi connectivity index (χ0n) is 14.9. The van der Waals surface area contributed by atoms with E-state index in [0.29, 0.717) is 28.8 Å². The first-order chi connectivity index (χ1) is 13.3. The fraction of sp³-hybridized carbons (Fsp3) is 0.158. The molecule has 0 aliphatic heterocycles. The fourth-order valence-corrected chi connectivity index (χ4v) is 3.13. The van der Waals surface area contributed by atoms with Crippen LogP contribution < -0.4 is 9.57 Å². The van der Waals surface area contributed by atoms with Crippen LogP contribution in [0.4, 0.5) is 13.2 Å². The summed E-state index contributed by atoms with van der Waals surface area (Å²) in [5.41, 5.74) is 0.462. The highest BCUT2D eigenvalue weighted by atomic mass is 19.4. The van der Waals surface area contributed by atoms with Gasteiger partial charge in [0, 0.05) is 29.0 Å². The van der Waals surface area contributed by atoms with Crippen molar-refractivity contribution in [3.05, 3.63) is 54.1 Å². The molecule has 0 radical (unpaired) electrons. The van der Waals surface area contributed by atoms with Gasteiger partial charge in [-0.25, -0.2) is 9.97 Å². The van der Waals surface area contributed by atoms with Crippen LogP contribution >= 0.6 is 0 Å². The number of hydrogen-bond acceptors (Lipinski definition) is 4. The third kappa shape index (κ3) is 2.84. The van der Waals surface area contributed by atoms with E-state index in [1.807, 2.05) is 6.07 Å². The van der Waals surface area contributed by atoms with Crippen LogP contribution in [-0.2, 0) is 13.2 Å². The Morgan fingerprint density at radius 1 is 1.21 bits per heavy atom. The Balaban J connectivity index is 1.94.